The fourth-order valence-electron chi connectivity index (χ4n) is 1.44. The highest BCUT2D eigenvalue weighted by Gasteiger charge is 2.28. The monoisotopic (exact) mass is 314 g/mol. The number of thioether (sulfide) groups is 1. The lowest BCUT2D eigenvalue weighted by atomic mass is 9.96. The maximum Gasteiger partial charge on any atom is 0.346 e. The lowest BCUT2D eigenvalue weighted by molar-refractivity contribution is -0.136. The van der Waals surface area contributed by atoms with Crippen LogP contribution < -0.4 is 0 Å². The smallest absolute Gasteiger partial charge is 0.346 e. The van der Waals surface area contributed by atoms with Gasteiger partial charge in [-0.05, 0) is 6.42 Å². The van der Waals surface area contributed by atoms with Crippen molar-refractivity contribution in [2.24, 2.45) is 0 Å². The summed E-state index contributed by atoms with van der Waals surface area (Å²) in [7, 11) is 3.23. The van der Waals surface area contributed by atoms with Gasteiger partial charge in [-0.15, -0.1) is 5.10 Å². The van der Waals surface area contributed by atoms with Crippen molar-refractivity contribution in [3.05, 3.63) is 5.82 Å². The summed E-state index contributed by atoms with van der Waals surface area (Å²) in [4.78, 5) is 29.1. The molecule has 0 aliphatic heterocycles. The van der Waals surface area contributed by atoms with E-state index in [-0.39, 0.29) is 11.4 Å². The van der Waals surface area contributed by atoms with Crippen LogP contribution in [-0.4, -0.2) is 56.1 Å². The second-order valence-electron chi connectivity index (χ2n) is 5.91. The van der Waals surface area contributed by atoms with Crippen LogP contribution in [0.25, 0.3) is 0 Å². The van der Waals surface area contributed by atoms with Crippen molar-refractivity contribution in [3.8, 4) is 0 Å². The summed E-state index contributed by atoms with van der Waals surface area (Å²) in [5, 5.41) is 13.1. The van der Waals surface area contributed by atoms with Gasteiger partial charge in [-0.2, -0.15) is 4.68 Å². The fraction of sp³-hybridized carbons (Fsp3) is 0.692. The highest BCUT2D eigenvalue weighted by Crippen LogP contribution is 2.27. The Balaban J connectivity index is 3.25. The van der Waals surface area contributed by atoms with Crippen molar-refractivity contribution in [2.75, 3.05) is 14.1 Å². The van der Waals surface area contributed by atoms with Gasteiger partial charge in [0.15, 0.2) is 11.0 Å². The molecule has 1 unspecified atom stereocenters. The molecule has 0 saturated heterocycles. The van der Waals surface area contributed by atoms with E-state index in [9.17, 15) is 9.59 Å². The normalized spacial score (nSPS) is 13.0. The van der Waals surface area contributed by atoms with E-state index >= 15 is 0 Å². The fourth-order valence-corrected chi connectivity index (χ4v) is 2.32. The topological polar surface area (TPSA) is 88.3 Å². The maximum atomic E-state index is 12.2. The Labute approximate surface area is 128 Å². The molecule has 0 radical (unpaired) electrons. The molecule has 1 aromatic heterocycles. The first-order chi connectivity index (χ1) is 9.57. The van der Waals surface area contributed by atoms with Gasteiger partial charge in [0, 0.05) is 19.5 Å². The van der Waals surface area contributed by atoms with Gasteiger partial charge >= 0.3 is 12.0 Å². The predicted octanol–water partition coefficient (Wildman–Crippen LogP) is 2.06. The number of carboxylic acids is 1. The standard InChI is InChI=1S/C13H22N4O3S/c1-7-8(9(18)19)21-11-14-10(13(2,3)4)15-17(11)12(20)16(5)6/h8H,7H2,1-6H3,(H,18,19). The van der Waals surface area contributed by atoms with Crippen LogP contribution >= 0.6 is 11.8 Å². The molecule has 0 spiro atoms. The zero-order valence-electron chi connectivity index (χ0n) is 13.2. The van der Waals surface area contributed by atoms with Crippen LogP contribution in [0.3, 0.4) is 0 Å². The van der Waals surface area contributed by atoms with Crippen molar-refractivity contribution < 1.29 is 14.7 Å². The van der Waals surface area contributed by atoms with Gasteiger partial charge in [-0.25, -0.2) is 9.78 Å². The summed E-state index contributed by atoms with van der Waals surface area (Å²) < 4.78 is 1.18. The summed E-state index contributed by atoms with van der Waals surface area (Å²) in [6, 6.07) is -0.347. The lowest BCUT2D eigenvalue weighted by Gasteiger charge is -2.13. The molecule has 8 heteroatoms. The Bertz CT molecular complexity index is 534. The lowest BCUT2D eigenvalue weighted by Crippen LogP contribution is -2.29. The molecule has 0 fully saturated rings. The molecule has 1 amide bonds. The summed E-state index contributed by atoms with van der Waals surface area (Å²) in [5.41, 5.74) is -0.321. The molecular weight excluding hydrogens is 292 g/mol. The number of carbonyl (C=O) groups is 2. The molecule has 118 valence electrons. The van der Waals surface area contributed by atoms with E-state index in [0.717, 1.165) is 11.8 Å². The Morgan fingerprint density at radius 2 is 1.95 bits per heavy atom. The van der Waals surface area contributed by atoms with Gasteiger partial charge in [0.25, 0.3) is 0 Å². The van der Waals surface area contributed by atoms with Crippen LogP contribution in [0.2, 0.25) is 0 Å². The SMILES string of the molecule is CCC(Sc1nc(C(C)(C)C)nn1C(=O)N(C)C)C(=O)O. The number of hydrogen-bond acceptors (Lipinski definition) is 5. The highest BCUT2D eigenvalue weighted by atomic mass is 32.2. The second-order valence-corrected chi connectivity index (χ2v) is 7.08. The third-order valence-electron chi connectivity index (χ3n) is 2.71. The van der Waals surface area contributed by atoms with Crippen molar-refractivity contribution in [1.29, 1.82) is 0 Å². The Hall–Kier alpha value is -1.57. The summed E-state index contributed by atoms with van der Waals surface area (Å²) >= 11 is 1.05. The largest absolute Gasteiger partial charge is 0.480 e. The zero-order valence-corrected chi connectivity index (χ0v) is 14.1. The molecule has 1 heterocycles. The Kier molecular flexibility index (Phi) is 5.38. The minimum atomic E-state index is -0.924. The number of aromatic nitrogens is 3. The molecule has 7 nitrogen and oxygen atoms in total. The quantitative estimate of drug-likeness (QED) is 0.856. The number of nitrogens with zero attached hydrogens (tertiary/aromatic N) is 4. The van der Waals surface area contributed by atoms with Crippen LogP contribution in [0.15, 0.2) is 5.16 Å². The average molecular weight is 314 g/mol. The molecule has 0 aliphatic carbocycles. The van der Waals surface area contributed by atoms with E-state index < -0.39 is 11.2 Å². The summed E-state index contributed by atoms with van der Waals surface area (Å²) in [6.07, 6.45) is 0.438. The Morgan fingerprint density at radius 1 is 1.38 bits per heavy atom. The van der Waals surface area contributed by atoms with Crippen LogP contribution in [0.4, 0.5) is 4.79 Å². The van der Waals surface area contributed by atoms with Gasteiger partial charge in [-0.1, -0.05) is 39.5 Å². The third kappa shape index (κ3) is 4.20. The molecule has 1 atom stereocenters. The van der Waals surface area contributed by atoms with Crippen molar-refractivity contribution in [3.63, 3.8) is 0 Å². The first-order valence-corrected chi connectivity index (χ1v) is 7.54. The molecule has 1 rings (SSSR count). The molecule has 21 heavy (non-hydrogen) atoms. The predicted molar refractivity (Wildman–Crippen MR) is 80.8 cm³/mol. The van der Waals surface area contributed by atoms with Crippen LogP contribution in [0.5, 0.6) is 0 Å². The van der Waals surface area contributed by atoms with Crippen molar-refractivity contribution >= 4 is 23.8 Å². The van der Waals surface area contributed by atoms with Gasteiger partial charge < -0.3 is 10.0 Å². The number of amides is 1. The first-order valence-electron chi connectivity index (χ1n) is 6.66. The average Bonchev–Trinajstić information content (AvgIpc) is 2.77. The van der Waals surface area contributed by atoms with E-state index in [1.807, 2.05) is 20.8 Å². The second kappa shape index (κ2) is 6.46. The van der Waals surface area contributed by atoms with Crippen LogP contribution in [-0.2, 0) is 10.2 Å². The van der Waals surface area contributed by atoms with Gasteiger partial charge in [0.2, 0.25) is 0 Å². The number of hydrogen-bond donors (Lipinski definition) is 1. The summed E-state index contributed by atoms with van der Waals surface area (Å²) in [6.45, 7) is 7.60. The number of carbonyl (C=O) groups excluding carboxylic acids is 1. The minimum Gasteiger partial charge on any atom is -0.480 e. The third-order valence-corrected chi connectivity index (χ3v) is 4.00. The van der Waals surface area contributed by atoms with E-state index in [1.54, 1.807) is 21.0 Å². The van der Waals surface area contributed by atoms with Gasteiger partial charge in [-0.3, -0.25) is 4.79 Å². The number of rotatable bonds is 4. The molecule has 0 saturated carbocycles. The maximum absolute atomic E-state index is 12.2. The van der Waals surface area contributed by atoms with Crippen molar-refractivity contribution in [2.45, 2.75) is 49.9 Å². The van der Waals surface area contributed by atoms with Crippen molar-refractivity contribution in [1.82, 2.24) is 19.7 Å². The van der Waals surface area contributed by atoms with E-state index in [1.165, 1.54) is 9.58 Å². The van der Waals surface area contributed by atoms with Gasteiger partial charge in [0.05, 0.1) is 0 Å². The molecule has 0 aliphatic rings. The van der Waals surface area contributed by atoms with E-state index in [4.69, 9.17) is 5.11 Å². The molecule has 0 bridgehead atoms. The Morgan fingerprint density at radius 3 is 2.33 bits per heavy atom. The van der Waals surface area contributed by atoms with E-state index in [0.29, 0.717) is 17.4 Å². The molecule has 1 N–H and O–H groups in total. The zero-order chi connectivity index (χ0) is 16.4. The number of carboxylic acid groups (broad SMARTS) is 1. The molecule has 1 aromatic rings. The van der Waals surface area contributed by atoms with E-state index in [2.05, 4.69) is 10.1 Å². The molecule has 0 aromatic carbocycles. The molecular formula is C13H22N4O3S. The van der Waals surface area contributed by atoms with Crippen LogP contribution in [0.1, 0.15) is 39.9 Å². The first kappa shape index (κ1) is 17.5. The highest BCUT2D eigenvalue weighted by molar-refractivity contribution is 8.00. The van der Waals surface area contributed by atoms with Gasteiger partial charge in [0.1, 0.15) is 5.25 Å². The van der Waals surface area contributed by atoms with Crippen LogP contribution in [0, 0.1) is 0 Å². The number of aliphatic carboxylic acids is 1. The summed E-state index contributed by atoms with van der Waals surface area (Å²) in [5.74, 6) is -0.410. The minimum absolute atomic E-state index is 0.313.